The van der Waals surface area contributed by atoms with E-state index in [9.17, 15) is 0 Å². The molecule has 0 amide bonds. The van der Waals surface area contributed by atoms with E-state index in [0.29, 0.717) is 6.04 Å². The predicted octanol–water partition coefficient (Wildman–Crippen LogP) is 4.32. The first-order valence-corrected chi connectivity index (χ1v) is 10.3. The molecule has 25 heavy (non-hydrogen) atoms. The summed E-state index contributed by atoms with van der Waals surface area (Å²) in [7, 11) is 2.28. The number of hydrogen-bond acceptors (Lipinski definition) is 2. The van der Waals surface area contributed by atoms with E-state index in [2.05, 4.69) is 58.8 Å². The number of benzene rings is 1. The molecular formula is C22H33N3. The molecule has 3 heteroatoms. The third-order valence-corrected chi connectivity index (χ3v) is 6.42. The summed E-state index contributed by atoms with van der Waals surface area (Å²) in [5, 5.41) is 1.40. The summed E-state index contributed by atoms with van der Waals surface area (Å²) in [4.78, 5) is 5.16. The fraction of sp³-hybridized carbons (Fsp3) is 0.636. The van der Waals surface area contributed by atoms with Gasteiger partial charge in [-0.05, 0) is 81.7 Å². The number of nitrogens with zero attached hydrogens (tertiary/aromatic N) is 3. The second kappa shape index (κ2) is 7.51. The summed E-state index contributed by atoms with van der Waals surface area (Å²) in [6.07, 6.45) is 10.1. The van der Waals surface area contributed by atoms with E-state index in [1.165, 1.54) is 81.2 Å². The van der Waals surface area contributed by atoms with Gasteiger partial charge in [0.25, 0.3) is 0 Å². The second-order valence-corrected chi connectivity index (χ2v) is 8.17. The van der Waals surface area contributed by atoms with Crippen LogP contribution < -0.4 is 0 Å². The van der Waals surface area contributed by atoms with E-state index in [0.717, 1.165) is 6.04 Å². The van der Waals surface area contributed by atoms with Gasteiger partial charge in [0.1, 0.15) is 0 Å². The minimum absolute atomic E-state index is 0.676. The van der Waals surface area contributed by atoms with Crippen LogP contribution in [-0.2, 0) is 6.42 Å². The monoisotopic (exact) mass is 339 g/mol. The zero-order valence-electron chi connectivity index (χ0n) is 16.0. The number of piperidine rings is 1. The van der Waals surface area contributed by atoms with E-state index in [4.69, 9.17) is 0 Å². The maximum atomic E-state index is 2.63. The van der Waals surface area contributed by atoms with E-state index in [-0.39, 0.29) is 0 Å². The van der Waals surface area contributed by atoms with E-state index in [1.807, 2.05) is 0 Å². The van der Waals surface area contributed by atoms with E-state index < -0.39 is 0 Å². The number of fused-ring (bicyclic) bond motifs is 1. The Morgan fingerprint density at radius 3 is 2.60 bits per heavy atom. The first-order valence-electron chi connectivity index (χ1n) is 10.3. The number of likely N-dealkylation sites (tertiary alicyclic amines) is 2. The van der Waals surface area contributed by atoms with Gasteiger partial charge < -0.3 is 14.4 Å². The summed E-state index contributed by atoms with van der Waals surface area (Å²) >= 11 is 0. The molecule has 0 unspecified atom stereocenters. The number of likely N-dealkylation sites (N-methyl/N-ethyl adjacent to an activating group) is 1. The van der Waals surface area contributed by atoms with Crippen LogP contribution in [0.2, 0.25) is 0 Å². The Morgan fingerprint density at radius 1 is 1.04 bits per heavy atom. The van der Waals surface area contributed by atoms with Gasteiger partial charge in [0.05, 0.1) is 0 Å². The largest absolute Gasteiger partial charge is 0.344 e. The maximum absolute atomic E-state index is 2.63. The lowest BCUT2D eigenvalue weighted by Gasteiger charge is -2.33. The lowest BCUT2D eigenvalue weighted by Crippen LogP contribution is -2.34. The van der Waals surface area contributed by atoms with Crippen LogP contribution in [0.4, 0.5) is 0 Å². The van der Waals surface area contributed by atoms with Crippen molar-refractivity contribution in [1.29, 1.82) is 0 Å². The molecule has 1 aromatic carbocycles. The van der Waals surface area contributed by atoms with Gasteiger partial charge in [-0.3, -0.25) is 0 Å². The Kier molecular flexibility index (Phi) is 5.14. The van der Waals surface area contributed by atoms with Gasteiger partial charge in [0.2, 0.25) is 0 Å². The van der Waals surface area contributed by atoms with Crippen LogP contribution in [0.15, 0.2) is 30.5 Å². The predicted molar refractivity (Wildman–Crippen MR) is 106 cm³/mol. The van der Waals surface area contributed by atoms with Crippen molar-refractivity contribution in [3.8, 4) is 0 Å². The SMILES string of the molecule is CCCN1CCC(n2ccc3ccc(C[C@@H]4CCCN4C)cc32)CC1. The summed E-state index contributed by atoms with van der Waals surface area (Å²) in [5.74, 6) is 0. The topological polar surface area (TPSA) is 11.4 Å². The molecule has 2 aliphatic heterocycles. The molecule has 1 aromatic heterocycles. The van der Waals surface area contributed by atoms with Gasteiger partial charge in [-0.25, -0.2) is 0 Å². The van der Waals surface area contributed by atoms with Crippen molar-refractivity contribution in [1.82, 2.24) is 14.4 Å². The molecule has 3 nitrogen and oxygen atoms in total. The average Bonchev–Trinajstić information content (AvgIpc) is 3.22. The molecule has 0 spiro atoms. The number of rotatable bonds is 5. The first-order chi connectivity index (χ1) is 12.2. The molecule has 0 bridgehead atoms. The highest BCUT2D eigenvalue weighted by molar-refractivity contribution is 5.81. The minimum Gasteiger partial charge on any atom is -0.344 e. The highest BCUT2D eigenvalue weighted by Crippen LogP contribution is 2.29. The Morgan fingerprint density at radius 2 is 1.88 bits per heavy atom. The van der Waals surface area contributed by atoms with Crippen LogP contribution in [0, 0.1) is 0 Å². The van der Waals surface area contributed by atoms with E-state index >= 15 is 0 Å². The van der Waals surface area contributed by atoms with Crippen LogP contribution >= 0.6 is 0 Å². The molecule has 2 aromatic rings. The standard InChI is InChI=1S/C22H33N3/c1-3-11-24-13-9-20(10-14-24)25-15-8-19-7-6-18(17-22(19)25)16-21-5-4-12-23(21)2/h6-8,15,17,20-21H,3-5,9-14,16H2,1-2H3/t21-/m0/s1. The molecule has 2 saturated heterocycles. The van der Waals surface area contributed by atoms with Crippen LogP contribution in [0.1, 0.15) is 50.6 Å². The summed E-state index contributed by atoms with van der Waals surface area (Å²) < 4.78 is 2.57. The Labute approximate surface area is 152 Å². The van der Waals surface area contributed by atoms with Gasteiger partial charge in [0, 0.05) is 36.9 Å². The molecule has 1 atom stereocenters. The first kappa shape index (κ1) is 17.1. The van der Waals surface area contributed by atoms with Gasteiger partial charge in [-0.2, -0.15) is 0 Å². The average molecular weight is 340 g/mol. The second-order valence-electron chi connectivity index (χ2n) is 8.17. The molecule has 136 valence electrons. The third-order valence-electron chi connectivity index (χ3n) is 6.42. The summed E-state index contributed by atoms with van der Waals surface area (Å²) in [6.45, 7) is 7.32. The van der Waals surface area contributed by atoms with Crippen molar-refractivity contribution in [2.75, 3.05) is 33.2 Å². The molecule has 4 rings (SSSR count). The lowest BCUT2D eigenvalue weighted by atomic mass is 10.0. The Bertz CT molecular complexity index is 696. The molecule has 0 saturated carbocycles. The maximum Gasteiger partial charge on any atom is 0.0485 e. The van der Waals surface area contributed by atoms with Gasteiger partial charge in [0.15, 0.2) is 0 Å². The molecule has 0 N–H and O–H groups in total. The Balaban J connectivity index is 1.51. The minimum atomic E-state index is 0.676. The van der Waals surface area contributed by atoms with Gasteiger partial charge in [-0.1, -0.05) is 19.1 Å². The third kappa shape index (κ3) is 3.63. The van der Waals surface area contributed by atoms with Crippen molar-refractivity contribution in [3.05, 3.63) is 36.0 Å². The van der Waals surface area contributed by atoms with Crippen molar-refractivity contribution in [2.24, 2.45) is 0 Å². The molecular weight excluding hydrogens is 306 g/mol. The normalized spacial score (nSPS) is 23.7. The van der Waals surface area contributed by atoms with E-state index in [1.54, 1.807) is 0 Å². The highest BCUT2D eigenvalue weighted by Gasteiger charge is 2.23. The van der Waals surface area contributed by atoms with Gasteiger partial charge >= 0.3 is 0 Å². The van der Waals surface area contributed by atoms with Crippen molar-refractivity contribution < 1.29 is 0 Å². The Hall–Kier alpha value is -1.32. The number of hydrogen-bond donors (Lipinski definition) is 0. The van der Waals surface area contributed by atoms with Crippen molar-refractivity contribution in [3.63, 3.8) is 0 Å². The quantitative estimate of drug-likeness (QED) is 0.803. The zero-order chi connectivity index (χ0) is 17.2. The van der Waals surface area contributed by atoms with Crippen LogP contribution in [0.5, 0.6) is 0 Å². The van der Waals surface area contributed by atoms with Gasteiger partial charge in [-0.15, -0.1) is 0 Å². The van der Waals surface area contributed by atoms with Crippen LogP contribution in [-0.4, -0.2) is 53.6 Å². The van der Waals surface area contributed by atoms with Crippen LogP contribution in [0.3, 0.4) is 0 Å². The lowest BCUT2D eigenvalue weighted by molar-refractivity contribution is 0.189. The van der Waals surface area contributed by atoms with Crippen molar-refractivity contribution in [2.45, 2.75) is 57.5 Å². The summed E-state index contributed by atoms with van der Waals surface area (Å²) in [6, 6.07) is 10.9. The zero-order valence-corrected chi connectivity index (χ0v) is 16.0. The van der Waals surface area contributed by atoms with Crippen molar-refractivity contribution >= 4 is 10.9 Å². The number of aromatic nitrogens is 1. The molecule has 0 aliphatic carbocycles. The molecule has 2 fully saturated rings. The highest BCUT2D eigenvalue weighted by atomic mass is 15.2. The summed E-state index contributed by atoms with van der Waals surface area (Å²) in [5.41, 5.74) is 2.96. The smallest absolute Gasteiger partial charge is 0.0485 e. The molecule has 0 radical (unpaired) electrons. The molecule has 2 aliphatic rings. The van der Waals surface area contributed by atoms with Crippen LogP contribution in [0.25, 0.3) is 10.9 Å². The molecule has 3 heterocycles. The fourth-order valence-electron chi connectivity index (χ4n) is 4.89. The fourth-order valence-corrected chi connectivity index (χ4v) is 4.89.